The molecule has 5 nitrogen and oxygen atoms in total. The van der Waals surface area contributed by atoms with Crippen LogP contribution >= 0.6 is 31.9 Å². The number of benzene rings is 1. The summed E-state index contributed by atoms with van der Waals surface area (Å²) in [4.78, 5) is 11.6. The van der Waals surface area contributed by atoms with Crippen molar-refractivity contribution in [1.29, 1.82) is 0 Å². The van der Waals surface area contributed by atoms with Crippen LogP contribution < -0.4 is 0 Å². The zero-order valence-electron chi connectivity index (χ0n) is 11.4. The summed E-state index contributed by atoms with van der Waals surface area (Å²) in [5.74, 6) is -0.603. The van der Waals surface area contributed by atoms with Crippen LogP contribution in [-0.2, 0) is 19.6 Å². The number of esters is 1. The first-order valence-electron chi connectivity index (χ1n) is 6.04. The Morgan fingerprint density at radius 1 is 1.43 bits per heavy atom. The largest absolute Gasteiger partial charge is 0.465 e. The molecule has 0 fully saturated rings. The average molecular weight is 441 g/mol. The number of hydrogen-bond acceptors (Lipinski definition) is 4. The van der Waals surface area contributed by atoms with Crippen LogP contribution in [0.5, 0.6) is 0 Å². The summed E-state index contributed by atoms with van der Waals surface area (Å²) < 4.78 is 32.2. The van der Waals surface area contributed by atoms with E-state index < -0.39 is 16.0 Å². The lowest BCUT2D eigenvalue weighted by Crippen LogP contribution is -2.36. The van der Waals surface area contributed by atoms with Gasteiger partial charge in [-0.1, -0.05) is 22.0 Å². The van der Waals surface area contributed by atoms with Gasteiger partial charge in [0, 0.05) is 15.5 Å². The second-order valence-corrected chi connectivity index (χ2v) is 7.64. The van der Waals surface area contributed by atoms with Crippen molar-refractivity contribution >= 4 is 47.9 Å². The molecule has 0 atom stereocenters. The van der Waals surface area contributed by atoms with E-state index >= 15 is 0 Å². The third-order valence-electron chi connectivity index (χ3n) is 2.45. The maximum atomic E-state index is 12.7. The van der Waals surface area contributed by atoms with E-state index in [0.717, 1.165) is 4.31 Å². The van der Waals surface area contributed by atoms with Crippen LogP contribution in [0.1, 0.15) is 6.92 Å². The van der Waals surface area contributed by atoms with Gasteiger partial charge in [0.05, 0.1) is 11.5 Å². The first-order chi connectivity index (χ1) is 9.82. The van der Waals surface area contributed by atoms with Crippen molar-refractivity contribution in [2.75, 3.05) is 19.7 Å². The van der Waals surface area contributed by atoms with Gasteiger partial charge in [-0.05, 0) is 41.1 Å². The molecule has 0 aromatic heterocycles. The number of ether oxygens (including phenoxy) is 1. The lowest BCUT2D eigenvalue weighted by atomic mass is 10.4. The van der Waals surface area contributed by atoms with Crippen LogP contribution in [0, 0.1) is 0 Å². The Labute approximate surface area is 141 Å². The van der Waals surface area contributed by atoms with E-state index in [2.05, 4.69) is 38.4 Å². The fourth-order valence-corrected chi connectivity index (χ4v) is 4.37. The molecule has 0 N–H and O–H groups in total. The zero-order chi connectivity index (χ0) is 16.0. The highest BCUT2D eigenvalue weighted by Gasteiger charge is 2.28. The van der Waals surface area contributed by atoms with E-state index in [1.54, 1.807) is 19.1 Å². The molecular formula is C13H15Br2NO4S. The fraction of sp³-hybridized carbons (Fsp3) is 0.308. The molecule has 21 heavy (non-hydrogen) atoms. The number of carbonyl (C=O) groups excluding carboxylic acids is 1. The maximum Gasteiger partial charge on any atom is 0.321 e. The average Bonchev–Trinajstić information content (AvgIpc) is 2.41. The summed E-state index contributed by atoms with van der Waals surface area (Å²) in [6.45, 7) is 5.03. The van der Waals surface area contributed by atoms with Crippen LogP contribution in [0.15, 0.2) is 44.7 Å². The topological polar surface area (TPSA) is 63.7 Å². The Morgan fingerprint density at radius 2 is 2.10 bits per heavy atom. The van der Waals surface area contributed by atoms with Crippen molar-refractivity contribution < 1.29 is 17.9 Å². The van der Waals surface area contributed by atoms with Crippen LogP contribution in [0.2, 0.25) is 0 Å². The highest BCUT2D eigenvalue weighted by atomic mass is 79.9. The molecule has 0 spiro atoms. The van der Waals surface area contributed by atoms with Crippen LogP contribution in [0.25, 0.3) is 0 Å². The molecular weight excluding hydrogens is 426 g/mol. The number of nitrogens with zero attached hydrogens (tertiary/aromatic N) is 1. The van der Waals surface area contributed by atoms with Gasteiger partial charge in [-0.15, -0.1) is 6.58 Å². The molecule has 0 heterocycles. The number of hydrogen-bond donors (Lipinski definition) is 0. The van der Waals surface area contributed by atoms with Gasteiger partial charge in [0.2, 0.25) is 10.0 Å². The van der Waals surface area contributed by atoms with E-state index in [9.17, 15) is 13.2 Å². The van der Waals surface area contributed by atoms with Crippen LogP contribution in [-0.4, -0.2) is 38.4 Å². The molecule has 0 unspecified atom stereocenters. The summed E-state index contributed by atoms with van der Waals surface area (Å²) in [6.07, 6.45) is 1.42. The molecule has 0 amide bonds. The lowest BCUT2D eigenvalue weighted by Gasteiger charge is -2.20. The number of rotatable bonds is 7. The number of sulfonamides is 1. The lowest BCUT2D eigenvalue weighted by molar-refractivity contribution is -0.143. The third kappa shape index (κ3) is 4.91. The molecule has 116 valence electrons. The molecule has 1 rings (SSSR count). The van der Waals surface area contributed by atoms with E-state index in [1.807, 2.05) is 0 Å². The predicted molar refractivity (Wildman–Crippen MR) is 87.4 cm³/mol. The first kappa shape index (κ1) is 18.3. The van der Waals surface area contributed by atoms with Gasteiger partial charge in [0.1, 0.15) is 6.54 Å². The van der Waals surface area contributed by atoms with Crippen molar-refractivity contribution in [3.05, 3.63) is 39.8 Å². The zero-order valence-corrected chi connectivity index (χ0v) is 15.4. The Hall–Kier alpha value is -0.700. The highest BCUT2D eigenvalue weighted by molar-refractivity contribution is 9.11. The van der Waals surface area contributed by atoms with E-state index in [4.69, 9.17) is 4.74 Å². The van der Waals surface area contributed by atoms with Crippen LogP contribution in [0.4, 0.5) is 0 Å². The Bertz CT molecular complexity index is 631. The SMILES string of the molecule is C=CCN(CC(=O)OCC)S(=O)(=O)c1cc(Br)ccc1Br. The van der Waals surface area contributed by atoms with Crippen molar-refractivity contribution in [3.63, 3.8) is 0 Å². The fourth-order valence-electron chi connectivity index (χ4n) is 1.56. The van der Waals surface area contributed by atoms with Crippen molar-refractivity contribution in [3.8, 4) is 0 Å². The van der Waals surface area contributed by atoms with E-state index in [1.165, 1.54) is 12.1 Å². The Kier molecular flexibility index (Phi) is 7.05. The van der Waals surface area contributed by atoms with Gasteiger partial charge >= 0.3 is 5.97 Å². The second-order valence-electron chi connectivity index (χ2n) is 3.97. The smallest absolute Gasteiger partial charge is 0.321 e. The molecule has 0 aliphatic carbocycles. The molecule has 0 saturated heterocycles. The molecule has 1 aromatic rings. The van der Waals surface area contributed by atoms with Crippen molar-refractivity contribution in [2.45, 2.75) is 11.8 Å². The summed E-state index contributed by atoms with van der Waals surface area (Å²) in [5, 5.41) is 0. The molecule has 8 heteroatoms. The molecule has 0 aliphatic rings. The van der Waals surface area contributed by atoms with E-state index in [0.29, 0.717) is 8.95 Å². The van der Waals surface area contributed by atoms with Gasteiger partial charge in [0.25, 0.3) is 0 Å². The summed E-state index contributed by atoms with van der Waals surface area (Å²) in [7, 11) is -3.85. The molecule has 0 aliphatic heterocycles. The number of carbonyl (C=O) groups is 1. The summed E-state index contributed by atoms with van der Waals surface area (Å²) >= 11 is 6.45. The normalized spacial score (nSPS) is 11.4. The monoisotopic (exact) mass is 439 g/mol. The van der Waals surface area contributed by atoms with Gasteiger partial charge < -0.3 is 4.74 Å². The second kappa shape index (κ2) is 8.07. The molecule has 1 aromatic carbocycles. The minimum absolute atomic E-state index is 0.0140. The molecule has 0 radical (unpaired) electrons. The van der Waals surface area contributed by atoms with Crippen molar-refractivity contribution in [2.24, 2.45) is 0 Å². The highest BCUT2D eigenvalue weighted by Crippen LogP contribution is 2.28. The minimum atomic E-state index is -3.85. The quantitative estimate of drug-likeness (QED) is 0.483. The third-order valence-corrected chi connectivity index (χ3v) is 5.75. The molecule has 0 bridgehead atoms. The minimum Gasteiger partial charge on any atom is -0.465 e. The van der Waals surface area contributed by atoms with E-state index in [-0.39, 0.29) is 24.6 Å². The summed E-state index contributed by atoms with van der Waals surface area (Å²) in [5.41, 5.74) is 0. The Balaban J connectivity index is 3.18. The molecule has 0 saturated carbocycles. The van der Waals surface area contributed by atoms with Gasteiger partial charge in [0.15, 0.2) is 0 Å². The standard InChI is InChI=1S/C13H15Br2NO4S/c1-3-7-16(9-13(17)20-4-2)21(18,19)12-8-10(14)5-6-11(12)15/h3,5-6,8H,1,4,7,9H2,2H3. The predicted octanol–water partition coefficient (Wildman–Crippen LogP) is 2.95. The van der Waals surface area contributed by atoms with Gasteiger partial charge in [-0.3, -0.25) is 4.79 Å². The van der Waals surface area contributed by atoms with Gasteiger partial charge in [-0.2, -0.15) is 4.31 Å². The van der Waals surface area contributed by atoms with Crippen molar-refractivity contribution in [1.82, 2.24) is 4.31 Å². The Morgan fingerprint density at radius 3 is 2.67 bits per heavy atom. The van der Waals surface area contributed by atoms with Crippen LogP contribution in [0.3, 0.4) is 0 Å². The van der Waals surface area contributed by atoms with Gasteiger partial charge in [-0.25, -0.2) is 8.42 Å². The number of halogens is 2. The maximum absolute atomic E-state index is 12.7. The first-order valence-corrected chi connectivity index (χ1v) is 9.07. The summed E-state index contributed by atoms with van der Waals surface area (Å²) in [6, 6.07) is 4.81.